The summed E-state index contributed by atoms with van der Waals surface area (Å²) in [6, 6.07) is 14.5. The Bertz CT molecular complexity index is 2020. The summed E-state index contributed by atoms with van der Waals surface area (Å²) < 4.78 is 6.08. The van der Waals surface area contributed by atoms with Gasteiger partial charge < -0.3 is 24.3 Å². The topological polar surface area (TPSA) is 126 Å². The summed E-state index contributed by atoms with van der Waals surface area (Å²) in [5.41, 5.74) is 3.93. The number of anilines is 1. The third-order valence-corrected chi connectivity index (χ3v) is 11.7. The number of carbonyl (C=O) groups is 4. The zero-order valence-corrected chi connectivity index (χ0v) is 31.7. The molecule has 284 valence electrons. The fraction of sp³-hybridized carbons (Fsp3) is 0.419. The Hall–Kier alpha value is -5.36. The minimum atomic E-state index is -0.687. The van der Waals surface area contributed by atoms with Gasteiger partial charge in [-0.05, 0) is 67.2 Å². The Morgan fingerprint density at radius 3 is 2.38 bits per heavy atom. The Labute approximate surface area is 327 Å². The lowest BCUT2D eigenvalue weighted by molar-refractivity contribution is -0.142. The Kier molecular flexibility index (Phi) is 11.4. The van der Waals surface area contributed by atoms with Gasteiger partial charge in [0.25, 0.3) is 11.8 Å². The van der Waals surface area contributed by atoms with Crippen molar-refractivity contribution in [2.75, 3.05) is 57.3 Å². The van der Waals surface area contributed by atoms with Gasteiger partial charge in [-0.25, -0.2) is 0 Å². The Balaban J connectivity index is 0.829. The molecule has 11 nitrogen and oxygen atoms in total. The van der Waals surface area contributed by atoms with Gasteiger partial charge in [0.15, 0.2) is 0 Å². The first-order valence-corrected chi connectivity index (χ1v) is 19.4. The van der Waals surface area contributed by atoms with Crippen LogP contribution in [0.2, 0.25) is 5.02 Å². The number of hydrogen-bond donors (Lipinski definition) is 1. The molecule has 0 spiro atoms. The van der Waals surface area contributed by atoms with Gasteiger partial charge in [-0.1, -0.05) is 42.7 Å². The quantitative estimate of drug-likeness (QED) is 0.233. The van der Waals surface area contributed by atoms with E-state index >= 15 is 0 Å². The number of halogens is 1. The molecule has 1 N–H and O–H groups in total. The normalized spacial score (nSPS) is 22.4. The van der Waals surface area contributed by atoms with Crippen LogP contribution in [-0.4, -0.2) is 103 Å². The number of benzene rings is 2. The van der Waals surface area contributed by atoms with Crippen LogP contribution in [0.1, 0.15) is 54.4 Å². The molecule has 0 aromatic heterocycles. The lowest BCUT2D eigenvalue weighted by Gasteiger charge is -2.41. The van der Waals surface area contributed by atoms with Crippen LogP contribution in [0.15, 0.2) is 78.4 Å². The van der Waals surface area contributed by atoms with E-state index in [0.29, 0.717) is 64.0 Å². The van der Waals surface area contributed by atoms with Crippen molar-refractivity contribution in [3.63, 3.8) is 0 Å². The number of imide groups is 1. The van der Waals surface area contributed by atoms with Crippen molar-refractivity contribution >= 4 is 40.9 Å². The number of allylic oxidation sites excluding steroid dienone is 2. The summed E-state index contributed by atoms with van der Waals surface area (Å²) in [6.07, 6.45) is 5.81. The largest absolute Gasteiger partial charge is 0.490 e. The first-order valence-electron chi connectivity index (χ1n) is 19.0. The van der Waals surface area contributed by atoms with E-state index in [1.807, 2.05) is 17.0 Å². The molecular weight excluding hydrogens is 716 g/mol. The second kappa shape index (κ2) is 16.6. The maximum Gasteiger partial charge on any atom is 0.254 e. The molecule has 12 heteroatoms. The highest BCUT2D eigenvalue weighted by Crippen LogP contribution is 2.31. The molecular formula is C43H45ClN6O5. The molecule has 5 aliphatic rings. The predicted molar refractivity (Wildman–Crippen MR) is 209 cm³/mol. The predicted octanol–water partition coefficient (Wildman–Crippen LogP) is 4.73. The first kappa shape index (κ1) is 37.9. The molecule has 4 amide bonds. The van der Waals surface area contributed by atoms with Crippen LogP contribution < -0.4 is 15.0 Å². The summed E-state index contributed by atoms with van der Waals surface area (Å²) in [5, 5.41) is 11.8. The monoisotopic (exact) mass is 760 g/mol. The summed E-state index contributed by atoms with van der Waals surface area (Å²) in [7, 11) is 0. The lowest BCUT2D eigenvalue weighted by atomic mass is 9.92. The van der Waals surface area contributed by atoms with Crippen LogP contribution >= 0.6 is 11.6 Å². The number of likely N-dealkylation sites (tertiary alicyclic amines) is 3. The molecule has 5 fully saturated rings. The van der Waals surface area contributed by atoms with Crippen molar-refractivity contribution in [2.24, 2.45) is 11.8 Å². The summed E-state index contributed by atoms with van der Waals surface area (Å²) in [4.78, 5) is 58.5. The summed E-state index contributed by atoms with van der Waals surface area (Å²) >= 11 is 6.15. The van der Waals surface area contributed by atoms with Gasteiger partial charge in [0.1, 0.15) is 24.0 Å². The summed E-state index contributed by atoms with van der Waals surface area (Å²) in [6.45, 7) is 14.2. The first-order chi connectivity index (χ1) is 26.6. The second-order valence-electron chi connectivity index (χ2n) is 15.0. The van der Waals surface area contributed by atoms with Gasteiger partial charge in [-0.2, -0.15) is 5.26 Å². The van der Waals surface area contributed by atoms with Gasteiger partial charge >= 0.3 is 0 Å². The van der Waals surface area contributed by atoms with Crippen LogP contribution in [0, 0.1) is 35.0 Å². The van der Waals surface area contributed by atoms with Crippen LogP contribution in [0.3, 0.4) is 0 Å². The van der Waals surface area contributed by atoms with Crippen molar-refractivity contribution in [3.05, 3.63) is 94.6 Å². The maximum atomic E-state index is 13.3. The number of piperidine rings is 3. The smallest absolute Gasteiger partial charge is 0.254 e. The van der Waals surface area contributed by atoms with Crippen molar-refractivity contribution in [3.8, 4) is 23.7 Å². The SMILES string of the molecule is C=C/C(C#CC1CN(CC2CCN(c3ccc(C(=O)N4CCC(Oc5ccc(C#N)c(Cl)c5)CC4)cc3)CC2)C1)=C1/CN(C2CCC(=O)NC2=O)C(=O)C1=C. The molecule has 1 unspecified atom stereocenters. The van der Waals surface area contributed by atoms with Crippen LogP contribution in [0.5, 0.6) is 5.75 Å². The van der Waals surface area contributed by atoms with Crippen LogP contribution in [0.4, 0.5) is 5.69 Å². The molecule has 2 aromatic rings. The fourth-order valence-electron chi connectivity index (χ4n) is 8.12. The molecule has 5 saturated heterocycles. The zero-order chi connectivity index (χ0) is 38.6. The molecule has 0 saturated carbocycles. The molecule has 55 heavy (non-hydrogen) atoms. The third kappa shape index (κ3) is 8.49. The number of rotatable bonds is 8. The minimum absolute atomic E-state index is 0.0110. The molecule has 7 rings (SSSR count). The standard InChI is InChI=1S/C43H45ClN6O5/c1-3-31(37-27-50(42(53)28(37)2)39-12-13-40(51)46-41(39)52)5-4-30-25-47(26-30)24-29-14-18-48(19-15-29)34-9-6-32(7-10-34)43(54)49-20-16-35(17-21-49)55-36-11-8-33(23-45)38(44)22-36/h3,6-11,22,29-30,35,39H,1-2,12-21,24-27H2,(H,46,51,52)/b37-31+. The highest BCUT2D eigenvalue weighted by molar-refractivity contribution is 6.31. The van der Waals surface area contributed by atoms with Crippen molar-refractivity contribution in [2.45, 2.75) is 50.7 Å². The average molecular weight is 761 g/mol. The number of nitriles is 1. The van der Waals surface area contributed by atoms with Crippen molar-refractivity contribution in [1.82, 2.24) is 20.0 Å². The van der Waals surface area contributed by atoms with E-state index in [2.05, 4.69) is 58.3 Å². The van der Waals surface area contributed by atoms with Crippen molar-refractivity contribution in [1.29, 1.82) is 5.26 Å². The van der Waals surface area contributed by atoms with Gasteiger partial charge in [-0.3, -0.25) is 24.5 Å². The summed E-state index contributed by atoms with van der Waals surface area (Å²) in [5.74, 6) is 7.07. The number of carbonyl (C=O) groups excluding carboxylic acids is 4. The maximum absolute atomic E-state index is 13.3. The van der Waals surface area contributed by atoms with Gasteiger partial charge in [0.05, 0.1) is 10.6 Å². The number of nitrogens with zero attached hydrogens (tertiary/aromatic N) is 5. The zero-order valence-electron chi connectivity index (χ0n) is 30.9. The number of amides is 4. The van der Waals surface area contributed by atoms with Crippen LogP contribution in [0.25, 0.3) is 0 Å². The molecule has 1 atom stereocenters. The van der Waals surface area contributed by atoms with Gasteiger partial charge in [-0.15, -0.1) is 0 Å². The molecule has 0 bridgehead atoms. The molecule has 2 aromatic carbocycles. The Morgan fingerprint density at radius 2 is 1.73 bits per heavy atom. The van der Waals surface area contributed by atoms with E-state index in [1.165, 1.54) is 4.90 Å². The molecule has 0 aliphatic carbocycles. The van der Waals surface area contributed by atoms with E-state index in [1.54, 1.807) is 24.3 Å². The highest BCUT2D eigenvalue weighted by atomic mass is 35.5. The fourth-order valence-corrected chi connectivity index (χ4v) is 8.34. The van der Waals surface area contributed by atoms with Crippen LogP contribution in [-0.2, 0) is 14.4 Å². The number of ether oxygens (including phenoxy) is 1. The van der Waals surface area contributed by atoms with Crippen molar-refractivity contribution < 1.29 is 23.9 Å². The van der Waals surface area contributed by atoms with E-state index in [4.69, 9.17) is 21.6 Å². The molecule has 5 aliphatic heterocycles. The number of nitrogens with one attached hydrogen (secondary N) is 1. The Morgan fingerprint density at radius 1 is 1.00 bits per heavy atom. The van der Waals surface area contributed by atoms with E-state index in [9.17, 15) is 19.2 Å². The average Bonchev–Trinajstić information content (AvgIpc) is 3.47. The number of hydrogen-bond acceptors (Lipinski definition) is 8. The second-order valence-corrected chi connectivity index (χ2v) is 15.4. The highest BCUT2D eigenvalue weighted by Gasteiger charge is 2.40. The third-order valence-electron chi connectivity index (χ3n) is 11.4. The molecule has 5 heterocycles. The van der Waals surface area contributed by atoms with E-state index in [0.717, 1.165) is 64.1 Å². The molecule has 0 radical (unpaired) electrons. The van der Waals surface area contributed by atoms with E-state index in [-0.39, 0.29) is 42.7 Å². The van der Waals surface area contributed by atoms with E-state index < -0.39 is 11.9 Å². The lowest BCUT2D eigenvalue weighted by Crippen LogP contribution is -2.52. The minimum Gasteiger partial charge on any atom is -0.490 e. The van der Waals surface area contributed by atoms with Gasteiger partial charge in [0.2, 0.25) is 11.8 Å². The van der Waals surface area contributed by atoms with Gasteiger partial charge in [0, 0.05) is 106 Å².